The minimum absolute atomic E-state index is 0.657. The molecule has 120 valence electrons. The zero-order valence-corrected chi connectivity index (χ0v) is 14.3. The van der Waals surface area contributed by atoms with E-state index in [1.807, 2.05) is 24.3 Å². The van der Waals surface area contributed by atoms with Crippen LogP contribution in [-0.4, -0.2) is 4.98 Å². The molecule has 0 aliphatic rings. The molecule has 3 aromatic carbocycles. The lowest BCUT2D eigenvalue weighted by molar-refractivity contribution is 1.33. The molecule has 0 unspecified atom stereocenters. The van der Waals surface area contributed by atoms with E-state index in [-0.39, 0.29) is 0 Å². The molecule has 25 heavy (non-hydrogen) atoms. The summed E-state index contributed by atoms with van der Waals surface area (Å²) in [5.41, 5.74) is 6.45. The third-order valence-corrected chi connectivity index (χ3v) is 4.51. The molecule has 0 radical (unpaired) electrons. The number of benzene rings is 3. The van der Waals surface area contributed by atoms with Crippen LogP contribution in [0.15, 0.2) is 97.2 Å². The summed E-state index contributed by atoms with van der Waals surface area (Å²) in [6.07, 6.45) is 1.73. The van der Waals surface area contributed by atoms with E-state index >= 15 is 0 Å². The van der Waals surface area contributed by atoms with Crippen molar-refractivity contribution >= 4 is 11.6 Å². The molecule has 1 heterocycles. The lowest BCUT2D eigenvalue weighted by Gasteiger charge is -2.10. The van der Waals surface area contributed by atoms with Gasteiger partial charge in [0.15, 0.2) is 0 Å². The highest BCUT2D eigenvalue weighted by atomic mass is 35.5. The van der Waals surface area contributed by atoms with Gasteiger partial charge in [-0.25, -0.2) is 0 Å². The number of hydrogen-bond acceptors (Lipinski definition) is 1. The molecule has 0 spiro atoms. The first-order chi connectivity index (χ1) is 12.3. The van der Waals surface area contributed by atoms with Crippen molar-refractivity contribution in [2.45, 2.75) is 0 Å². The van der Waals surface area contributed by atoms with Crippen LogP contribution in [0, 0.1) is 0 Å². The van der Waals surface area contributed by atoms with E-state index in [9.17, 15) is 0 Å². The van der Waals surface area contributed by atoms with Gasteiger partial charge in [-0.2, -0.15) is 0 Å². The molecule has 4 rings (SSSR count). The van der Waals surface area contributed by atoms with E-state index in [1.165, 1.54) is 11.1 Å². The van der Waals surface area contributed by atoms with E-state index in [0.717, 1.165) is 22.4 Å². The van der Waals surface area contributed by atoms with Crippen molar-refractivity contribution in [2.75, 3.05) is 0 Å². The van der Waals surface area contributed by atoms with Gasteiger partial charge in [0.05, 0.1) is 10.7 Å². The predicted molar refractivity (Wildman–Crippen MR) is 106 cm³/mol. The number of hydrogen-bond donors (Lipinski definition) is 0. The summed E-state index contributed by atoms with van der Waals surface area (Å²) in [6.45, 7) is 0. The summed E-state index contributed by atoms with van der Waals surface area (Å²) in [5, 5.41) is 0.657. The predicted octanol–water partition coefficient (Wildman–Crippen LogP) is 6.74. The number of rotatable bonds is 3. The molecule has 1 aromatic heterocycles. The molecule has 0 amide bonds. The normalized spacial score (nSPS) is 10.6. The van der Waals surface area contributed by atoms with Crippen molar-refractivity contribution in [3.8, 4) is 33.5 Å². The van der Waals surface area contributed by atoms with Crippen LogP contribution in [-0.2, 0) is 0 Å². The minimum Gasteiger partial charge on any atom is -0.255 e. The maximum atomic E-state index is 6.45. The van der Waals surface area contributed by atoms with Gasteiger partial charge in [0, 0.05) is 17.3 Å². The fourth-order valence-corrected chi connectivity index (χ4v) is 3.14. The Labute approximate surface area is 152 Å². The number of aromatic nitrogens is 1. The summed E-state index contributed by atoms with van der Waals surface area (Å²) < 4.78 is 0. The molecule has 0 aliphatic carbocycles. The second kappa shape index (κ2) is 6.92. The van der Waals surface area contributed by atoms with Crippen LogP contribution in [0.5, 0.6) is 0 Å². The van der Waals surface area contributed by atoms with Crippen molar-refractivity contribution in [3.63, 3.8) is 0 Å². The molecule has 0 bridgehead atoms. The summed E-state index contributed by atoms with van der Waals surface area (Å²) >= 11 is 6.45. The van der Waals surface area contributed by atoms with Crippen LogP contribution in [0.3, 0.4) is 0 Å². The van der Waals surface area contributed by atoms with Gasteiger partial charge >= 0.3 is 0 Å². The molecule has 1 nitrogen and oxygen atoms in total. The van der Waals surface area contributed by atoms with Crippen LogP contribution in [0.4, 0.5) is 0 Å². The van der Waals surface area contributed by atoms with Gasteiger partial charge in [-0.3, -0.25) is 4.98 Å². The molecular weight excluding hydrogens is 326 g/mol. The van der Waals surface area contributed by atoms with Gasteiger partial charge in [-0.05, 0) is 28.8 Å². The maximum Gasteiger partial charge on any atom is 0.0709 e. The van der Waals surface area contributed by atoms with Crippen molar-refractivity contribution in [3.05, 3.63) is 102 Å². The Morgan fingerprint density at radius 2 is 1.16 bits per heavy atom. The van der Waals surface area contributed by atoms with E-state index < -0.39 is 0 Å². The van der Waals surface area contributed by atoms with E-state index in [0.29, 0.717) is 5.02 Å². The summed E-state index contributed by atoms with van der Waals surface area (Å²) in [5.74, 6) is 0. The maximum absolute atomic E-state index is 6.45. The zero-order chi connectivity index (χ0) is 17.1. The highest BCUT2D eigenvalue weighted by Crippen LogP contribution is 2.33. The second-order valence-corrected chi connectivity index (χ2v) is 6.27. The first-order valence-corrected chi connectivity index (χ1v) is 8.56. The highest BCUT2D eigenvalue weighted by molar-refractivity contribution is 6.33. The van der Waals surface area contributed by atoms with Crippen LogP contribution in [0.2, 0.25) is 5.02 Å². The third kappa shape index (κ3) is 3.33. The fraction of sp³-hybridized carbons (Fsp3) is 0. The molecule has 0 N–H and O–H groups in total. The molecule has 0 saturated heterocycles. The van der Waals surface area contributed by atoms with Gasteiger partial charge < -0.3 is 0 Å². The summed E-state index contributed by atoms with van der Waals surface area (Å²) in [6, 6.07) is 31.0. The summed E-state index contributed by atoms with van der Waals surface area (Å²) in [4.78, 5) is 4.48. The smallest absolute Gasteiger partial charge is 0.0709 e. The van der Waals surface area contributed by atoms with Crippen molar-refractivity contribution in [1.82, 2.24) is 4.98 Å². The van der Waals surface area contributed by atoms with Crippen LogP contribution < -0.4 is 0 Å². The first kappa shape index (κ1) is 15.6. The van der Waals surface area contributed by atoms with Gasteiger partial charge in [-0.15, -0.1) is 0 Å². The molecule has 0 saturated carbocycles. The molecule has 2 heteroatoms. The quantitative estimate of drug-likeness (QED) is 0.402. The lowest BCUT2D eigenvalue weighted by atomic mass is 9.98. The SMILES string of the molecule is Clc1cnc(-c2ccccc2)cc1-c1cccc(-c2ccccc2)c1. The first-order valence-electron chi connectivity index (χ1n) is 8.18. The number of nitrogens with zero attached hydrogens (tertiary/aromatic N) is 1. The Kier molecular flexibility index (Phi) is 4.32. The third-order valence-electron chi connectivity index (χ3n) is 4.21. The Hall–Kier alpha value is -2.90. The van der Waals surface area contributed by atoms with E-state index in [4.69, 9.17) is 11.6 Å². The topological polar surface area (TPSA) is 12.9 Å². The minimum atomic E-state index is 0.657. The number of pyridine rings is 1. The molecule has 0 aliphatic heterocycles. The molecule has 0 fully saturated rings. The van der Waals surface area contributed by atoms with Gasteiger partial charge in [0.25, 0.3) is 0 Å². The Morgan fingerprint density at radius 1 is 0.560 bits per heavy atom. The number of halogens is 1. The Morgan fingerprint density at radius 3 is 1.88 bits per heavy atom. The molecule has 0 atom stereocenters. The van der Waals surface area contributed by atoms with Crippen molar-refractivity contribution < 1.29 is 0 Å². The lowest BCUT2D eigenvalue weighted by Crippen LogP contribution is -1.88. The van der Waals surface area contributed by atoms with Gasteiger partial charge in [0.1, 0.15) is 0 Å². The average Bonchev–Trinajstić information content (AvgIpc) is 2.70. The Bertz CT molecular complexity index is 995. The van der Waals surface area contributed by atoms with Crippen molar-refractivity contribution in [1.29, 1.82) is 0 Å². The second-order valence-electron chi connectivity index (χ2n) is 5.86. The van der Waals surface area contributed by atoms with Crippen LogP contribution in [0.1, 0.15) is 0 Å². The van der Waals surface area contributed by atoms with Crippen LogP contribution in [0.25, 0.3) is 33.5 Å². The van der Waals surface area contributed by atoms with Gasteiger partial charge in [-0.1, -0.05) is 90.5 Å². The molecular formula is C23H16ClN. The van der Waals surface area contributed by atoms with E-state index in [2.05, 4.69) is 71.7 Å². The van der Waals surface area contributed by atoms with Crippen molar-refractivity contribution in [2.24, 2.45) is 0 Å². The van der Waals surface area contributed by atoms with Gasteiger partial charge in [0.2, 0.25) is 0 Å². The standard InChI is InChI=1S/C23H16ClN/c24-22-16-25-23(18-10-5-2-6-11-18)15-21(22)20-13-7-12-19(14-20)17-8-3-1-4-9-17/h1-16H. The highest BCUT2D eigenvalue weighted by Gasteiger charge is 2.09. The molecule has 4 aromatic rings. The van der Waals surface area contributed by atoms with E-state index in [1.54, 1.807) is 6.20 Å². The Balaban J connectivity index is 1.80. The average molecular weight is 342 g/mol. The van der Waals surface area contributed by atoms with Crippen LogP contribution >= 0.6 is 11.6 Å². The fourth-order valence-electron chi connectivity index (χ4n) is 2.92. The summed E-state index contributed by atoms with van der Waals surface area (Å²) in [7, 11) is 0. The zero-order valence-electron chi connectivity index (χ0n) is 13.6. The largest absolute Gasteiger partial charge is 0.255 e. The monoisotopic (exact) mass is 341 g/mol.